The van der Waals surface area contributed by atoms with Gasteiger partial charge in [0.25, 0.3) is 5.91 Å². The number of hydrazine groups is 1. The Hall–Kier alpha value is -2.25. The monoisotopic (exact) mass is 380 g/mol. The van der Waals surface area contributed by atoms with Gasteiger partial charge in [-0.2, -0.15) is 0 Å². The second kappa shape index (κ2) is 7.97. The van der Waals surface area contributed by atoms with Crippen LogP contribution in [0.2, 0.25) is 5.02 Å². The number of halogens is 1. The molecule has 0 aliphatic carbocycles. The third-order valence-corrected chi connectivity index (χ3v) is 4.71. The van der Waals surface area contributed by atoms with E-state index in [2.05, 4.69) is 5.43 Å². The number of amides is 1. The molecular weight excluding hydrogens is 360 g/mol. The number of ether oxygens (including phenoxy) is 3. The third-order valence-electron chi connectivity index (χ3n) is 4.36. The molecule has 2 aliphatic heterocycles. The lowest BCUT2D eigenvalue weighted by molar-refractivity contribution is -0.144. The van der Waals surface area contributed by atoms with Gasteiger partial charge in [-0.05, 0) is 31.9 Å². The fourth-order valence-corrected chi connectivity index (χ4v) is 3.11. The van der Waals surface area contributed by atoms with Crippen LogP contribution in [0.15, 0.2) is 23.3 Å². The molecule has 1 aromatic carbocycles. The van der Waals surface area contributed by atoms with Crippen LogP contribution in [-0.4, -0.2) is 36.8 Å². The molecule has 0 bridgehead atoms. The van der Waals surface area contributed by atoms with Crippen molar-refractivity contribution >= 4 is 23.5 Å². The molecule has 0 radical (unpaired) electrons. The number of nitrogens with zero attached hydrogens (tertiary/aromatic N) is 1. The van der Waals surface area contributed by atoms with E-state index in [9.17, 15) is 9.59 Å². The van der Waals surface area contributed by atoms with Crippen molar-refractivity contribution in [3.8, 4) is 11.5 Å². The molecule has 2 aliphatic rings. The van der Waals surface area contributed by atoms with E-state index in [1.54, 1.807) is 19.1 Å². The number of nitrogens with one attached hydrogen (secondary N) is 1. The van der Waals surface area contributed by atoms with Crippen LogP contribution in [0.25, 0.3) is 0 Å². The summed E-state index contributed by atoms with van der Waals surface area (Å²) in [5.74, 6) is 0.646. The van der Waals surface area contributed by atoms with Crippen molar-refractivity contribution in [2.45, 2.75) is 33.2 Å². The molecule has 1 N–H and O–H groups in total. The molecule has 140 valence electrons. The van der Waals surface area contributed by atoms with E-state index in [4.69, 9.17) is 25.8 Å². The zero-order chi connectivity index (χ0) is 18.7. The van der Waals surface area contributed by atoms with Crippen LogP contribution < -0.4 is 14.9 Å². The standard InChI is InChI=1S/C18H21ClN2O5/c1-3-24-17(22)7-13-11(2)4-5-21(18(13)23)20-9-12-6-15-16(8-14(12)19)26-10-25-15/h6,8,20H,3-5,7,9-10H2,1-2H3. The molecule has 0 atom stereocenters. The first kappa shape index (κ1) is 18.5. The van der Waals surface area contributed by atoms with Crippen molar-refractivity contribution in [2.75, 3.05) is 19.9 Å². The number of carbonyl (C=O) groups excluding carboxylic acids is 2. The topological polar surface area (TPSA) is 77.1 Å². The molecule has 0 unspecified atom stereocenters. The van der Waals surface area contributed by atoms with Crippen molar-refractivity contribution in [2.24, 2.45) is 0 Å². The summed E-state index contributed by atoms with van der Waals surface area (Å²) in [6, 6.07) is 3.50. The summed E-state index contributed by atoms with van der Waals surface area (Å²) >= 11 is 6.27. The van der Waals surface area contributed by atoms with Crippen LogP contribution in [0.4, 0.5) is 0 Å². The zero-order valence-electron chi connectivity index (χ0n) is 14.8. The van der Waals surface area contributed by atoms with Crippen molar-refractivity contribution < 1.29 is 23.8 Å². The average Bonchev–Trinajstić information content (AvgIpc) is 3.05. The minimum atomic E-state index is -0.393. The van der Waals surface area contributed by atoms with E-state index in [0.29, 0.717) is 48.2 Å². The van der Waals surface area contributed by atoms with Gasteiger partial charge in [0.15, 0.2) is 11.5 Å². The average molecular weight is 381 g/mol. The highest BCUT2D eigenvalue weighted by Gasteiger charge is 2.27. The first-order valence-electron chi connectivity index (χ1n) is 8.47. The van der Waals surface area contributed by atoms with Crippen LogP contribution >= 0.6 is 11.6 Å². The van der Waals surface area contributed by atoms with Crippen LogP contribution in [0, 0.1) is 0 Å². The molecule has 0 spiro atoms. The normalized spacial score (nSPS) is 16.3. The largest absolute Gasteiger partial charge is 0.466 e. The van der Waals surface area contributed by atoms with Crippen molar-refractivity contribution in [1.29, 1.82) is 0 Å². The second-order valence-corrected chi connectivity index (χ2v) is 6.49. The summed E-state index contributed by atoms with van der Waals surface area (Å²) in [5, 5.41) is 2.05. The molecule has 8 heteroatoms. The van der Waals surface area contributed by atoms with E-state index in [1.807, 2.05) is 6.92 Å². The number of fused-ring (bicyclic) bond motifs is 1. The third kappa shape index (κ3) is 3.94. The van der Waals surface area contributed by atoms with Gasteiger partial charge in [-0.15, -0.1) is 0 Å². The number of hydrogen-bond donors (Lipinski definition) is 1. The minimum Gasteiger partial charge on any atom is -0.466 e. The lowest BCUT2D eigenvalue weighted by atomic mass is 9.99. The quantitative estimate of drug-likeness (QED) is 0.764. The van der Waals surface area contributed by atoms with E-state index in [1.165, 1.54) is 5.01 Å². The molecule has 0 saturated carbocycles. The van der Waals surface area contributed by atoms with E-state index >= 15 is 0 Å². The van der Waals surface area contributed by atoms with Crippen LogP contribution in [-0.2, 0) is 20.9 Å². The van der Waals surface area contributed by atoms with Gasteiger partial charge in [-0.1, -0.05) is 17.2 Å². The molecule has 1 amide bonds. The highest BCUT2D eigenvalue weighted by Crippen LogP contribution is 2.36. The first-order chi connectivity index (χ1) is 12.5. The predicted octanol–water partition coefficient (Wildman–Crippen LogP) is 2.58. The van der Waals surface area contributed by atoms with Gasteiger partial charge < -0.3 is 14.2 Å². The van der Waals surface area contributed by atoms with Crippen LogP contribution in [0.3, 0.4) is 0 Å². The number of carbonyl (C=O) groups is 2. The van der Waals surface area contributed by atoms with Gasteiger partial charge in [-0.3, -0.25) is 14.6 Å². The SMILES string of the molecule is CCOC(=O)CC1=C(C)CCN(NCc2cc3c(cc2Cl)OCO3)C1=O. The molecule has 0 saturated heterocycles. The van der Waals surface area contributed by atoms with Crippen molar-refractivity contribution in [3.05, 3.63) is 33.9 Å². The van der Waals surface area contributed by atoms with Gasteiger partial charge in [0.05, 0.1) is 13.0 Å². The van der Waals surface area contributed by atoms with E-state index < -0.39 is 5.97 Å². The molecule has 3 rings (SSSR count). The molecule has 26 heavy (non-hydrogen) atoms. The Bertz CT molecular complexity index is 762. The summed E-state index contributed by atoms with van der Waals surface area (Å²) in [5.41, 5.74) is 5.29. The molecule has 2 heterocycles. The molecular formula is C18H21ClN2O5. The smallest absolute Gasteiger partial charge is 0.310 e. The highest BCUT2D eigenvalue weighted by atomic mass is 35.5. The van der Waals surface area contributed by atoms with Gasteiger partial charge in [-0.25, -0.2) is 5.43 Å². The molecule has 0 aromatic heterocycles. The van der Waals surface area contributed by atoms with Crippen molar-refractivity contribution in [3.63, 3.8) is 0 Å². The number of hydrogen-bond acceptors (Lipinski definition) is 6. The predicted molar refractivity (Wildman–Crippen MR) is 94.7 cm³/mol. The van der Waals surface area contributed by atoms with Gasteiger partial charge in [0.1, 0.15) is 0 Å². The summed E-state index contributed by atoms with van der Waals surface area (Å²) in [6.07, 6.45) is 0.684. The Labute approximate surface area is 156 Å². The van der Waals surface area contributed by atoms with Gasteiger partial charge in [0.2, 0.25) is 6.79 Å². The van der Waals surface area contributed by atoms with Gasteiger partial charge in [0, 0.05) is 29.8 Å². The molecule has 0 fully saturated rings. The second-order valence-electron chi connectivity index (χ2n) is 6.08. The fourth-order valence-electron chi connectivity index (χ4n) is 2.89. The summed E-state index contributed by atoms with van der Waals surface area (Å²) in [4.78, 5) is 24.4. The maximum atomic E-state index is 12.7. The first-order valence-corrected chi connectivity index (χ1v) is 8.85. The maximum Gasteiger partial charge on any atom is 0.310 e. The van der Waals surface area contributed by atoms with Crippen LogP contribution in [0.5, 0.6) is 11.5 Å². The Morgan fingerprint density at radius 3 is 2.81 bits per heavy atom. The maximum absolute atomic E-state index is 12.7. The van der Waals surface area contributed by atoms with Crippen molar-refractivity contribution in [1.82, 2.24) is 10.4 Å². The van der Waals surface area contributed by atoms with Crippen LogP contribution in [0.1, 0.15) is 32.3 Å². The molecule has 7 nitrogen and oxygen atoms in total. The number of rotatable bonds is 6. The van der Waals surface area contributed by atoms with Gasteiger partial charge >= 0.3 is 5.97 Å². The fraction of sp³-hybridized carbons (Fsp3) is 0.444. The number of benzene rings is 1. The summed E-state index contributed by atoms with van der Waals surface area (Å²) in [7, 11) is 0. The zero-order valence-corrected chi connectivity index (χ0v) is 15.5. The lowest BCUT2D eigenvalue weighted by Gasteiger charge is -2.30. The van der Waals surface area contributed by atoms with E-state index in [0.717, 1.165) is 11.1 Å². The number of esters is 1. The Morgan fingerprint density at radius 1 is 1.35 bits per heavy atom. The Kier molecular flexibility index (Phi) is 5.68. The summed E-state index contributed by atoms with van der Waals surface area (Å²) in [6.45, 7) is 4.97. The lowest BCUT2D eigenvalue weighted by Crippen LogP contribution is -2.46. The highest BCUT2D eigenvalue weighted by molar-refractivity contribution is 6.31. The minimum absolute atomic E-state index is 0.0124. The van der Waals surface area contributed by atoms with E-state index in [-0.39, 0.29) is 19.1 Å². The summed E-state index contributed by atoms with van der Waals surface area (Å²) < 4.78 is 15.6. The molecule has 1 aromatic rings. The Balaban J connectivity index is 1.66. The Morgan fingerprint density at radius 2 is 2.08 bits per heavy atom.